The second kappa shape index (κ2) is 9.18. The Labute approximate surface area is 186 Å². The van der Waals surface area contributed by atoms with Gasteiger partial charge in [0.05, 0.1) is 16.8 Å². The van der Waals surface area contributed by atoms with Gasteiger partial charge >= 0.3 is 0 Å². The Bertz CT molecular complexity index is 1270. The molecule has 0 N–H and O–H groups in total. The van der Waals surface area contributed by atoms with Gasteiger partial charge in [-0.15, -0.1) is 0 Å². The first-order chi connectivity index (χ1) is 15.5. The van der Waals surface area contributed by atoms with Gasteiger partial charge in [0.2, 0.25) is 15.9 Å². The number of aromatic nitrogens is 2. The predicted octanol–water partition coefficient (Wildman–Crippen LogP) is 2.29. The first-order valence-electron chi connectivity index (χ1n) is 10.0. The minimum atomic E-state index is -3.78. The van der Waals surface area contributed by atoms with E-state index in [1.54, 1.807) is 35.6 Å². The van der Waals surface area contributed by atoms with E-state index < -0.39 is 10.0 Å². The molecule has 1 fully saturated rings. The first-order valence-corrected chi connectivity index (χ1v) is 11.5. The van der Waals surface area contributed by atoms with Crippen LogP contribution in [0.1, 0.15) is 11.1 Å². The summed E-state index contributed by atoms with van der Waals surface area (Å²) in [6.07, 6.45) is 8.52. The molecule has 2 aromatic carbocycles. The maximum atomic E-state index is 12.9. The smallest absolute Gasteiger partial charge is 0.246 e. The van der Waals surface area contributed by atoms with Gasteiger partial charge in [-0.05, 0) is 35.9 Å². The highest BCUT2D eigenvalue weighted by atomic mass is 32.2. The standard InChI is InChI=1S/C23H21N5O3S/c24-17-20-3-1-2-4-22(20)32(30,31)28-15-13-26(14-16-28)23(29)10-7-19-5-8-21(9-6-19)27-12-11-25-18-27/h1-12,18H,13-16H2/b10-7+. The highest BCUT2D eigenvalue weighted by Crippen LogP contribution is 2.21. The van der Waals surface area contributed by atoms with Crippen molar-refractivity contribution in [2.24, 2.45) is 0 Å². The zero-order chi connectivity index (χ0) is 22.6. The van der Waals surface area contributed by atoms with Crippen molar-refractivity contribution in [3.05, 3.63) is 84.5 Å². The Morgan fingerprint density at radius 3 is 2.41 bits per heavy atom. The molecule has 0 spiro atoms. The summed E-state index contributed by atoms with van der Waals surface area (Å²) in [7, 11) is -3.78. The van der Waals surface area contributed by atoms with Gasteiger partial charge in [0.25, 0.3) is 0 Å². The molecule has 2 heterocycles. The average molecular weight is 448 g/mol. The molecule has 1 aromatic heterocycles. The number of carbonyl (C=O) groups is 1. The number of imidazole rings is 1. The highest BCUT2D eigenvalue weighted by Gasteiger charge is 2.31. The second-order valence-electron chi connectivity index (χ2n) is 7.23. The van der Waals surface area contributed by atoms with Gasteiger partial charge in [0.1, 0.15) is 6.07 Å². The lowest BCUT2D eigenvalue weighted by Gasteiger charge is -2.33. The number of amides is 1. The van der Waals surface area contributed by atoms with Crippen molar-refractivity contribution in [2.75, 3.05) is 26.2 Å². The summed E-state index contributed by atoms with van der Waals surface area (Å²) < 4.78 is 29.1. The van der Waals surface area contributed by atoms with E-state index >= 15 is 0 Å². The van der Waals surface area contributed by atoms with E-state index in [1.165, 1.54) is 22.5 Å². The molecule has 0 radical (unpaired) electrons. The SMILES string of the molecule is N#Cc1ccccc1S(=O)(=O)N1CCN(C(=O)/C=C/c2ccc(-n3ccnc3)cc2)CC1. The summed E-state index contributed by atoms with van der Waals surface area (Å²) in [5, 5.41) is 9.21. The van der Waals surface area contributed by atoms with Crippen molar-refractivity contribution in [3.63, 3.8) is 0 Å². The summed E-state index contributed by atoms with van der Waals surface area (Å²) in [6, 6.07) is 15.8. The topological polar surface area (TPSA) is 99.3 Å². The van der Waals surface area contributed by atoms with Crippen LogP contribution in [0.3, 0.4) is 0 Å². The molecule has 0 atom stereocenters. The maximum Gasteiger partial charge on any atom is 0.246 e. The van der Waals surface area contributed by atoms with Gasteiger partial charge in [-0.3, -0.25) is 4.79 Å². The minimum Gasteiger partial charge on any atom is -0.337 e. The second-order valence-corrected chi connectivity index (χ2v) is 9.14. The average Bonchev–Trinajstić information content (AvgIpc) is 3.38. The van der Waals surface area contributed by atoms with E-state index in [2.05, 4.69) is 4.98 Å². The van der Waals surface area contributed by atoms with Crippen LogP contribution in [0.15, 0.2) is 78.2 Å². The quantitative estimate of drug-likeness (QED) is 0.559. The van der Waals surface area contributed by atoms with Gasteiger partial charge in [-0.1, -0.05) is 24.3 Å². The molecule has 0 aliphatic carbocycles. The van der Waals surface area contributed by atoms with Gasteiger partial charge in [-0.2, -0.15) is 9.57 Å². The largest absolute Gasteiger partial charge is 0.337 e. The summed E-state index contributed by atoms with van der Waals surface area (Å²) in [5.41, 5.74) is 1.98. The van der Waals surface area contributed by atoms with Crippen LogP contribution in [0.5, 0.6) is 0 Å². The number of benzene rings is 2. The van der Waals surface area contributed by atoms with Crippen molar-refractivity contribution in [3.8, 4) is 11.8 Å². The number of nitriles is 1. The zero-order valence-corrected chi connectivity index (χ0v) is 18.0. The van der Waals surface area contributed by atoms with E-state index in [4.69, 9.17) is 0 Å². The van der Waals surface area contributed by atoms with Crippen molar-refractivity contribution >= 4 is 22.0 Å². The van der Waals surface area contributed by atoms with Gasteiger partial charge < -0.3 is 9.47 Å². The van der Waals surface area contributed by atoms with E-state index in [-0.39, 0.29) is 42.5 Å². The monoisotopic (exact) mass is 447 g/mol. The van der Waals surface area contributed by atoms with E-state index in [0.29, 0.717) is 0 Å². The molecule has 1 aliphatic rings. The third-order valence-corrected chi connectivity index (χ3v) is 7.25. The fourth-order valence-electron chi connectivity index (χ4n) is 3.51. The van der Waals surface area contributed by atoms with E-state index in [9.17, 15) is 18.5 Å². The Balaban J connectivity index is 1.37. The molecule has 9 heteroatoms. The number of hydrogen-bond donors (Lipinski definition) is 0. The molecule has 3 aromatic rings. The third kappa shape index (κ3) is 4.46. The lowest BCUT2D eigenvalue weighted by atomic mass is 10.2. The van der Waals surface area contributed by atoms with Gasteiger partial charge in [0.15, 0.2) is 0 Å². The van der Waals surface area contributed by atoms with Crippen LogP contribution in [0.25, 0.3) is 11.8 Å². The lowest BCUT2D eigenvalue weighted by Crippen LogP contribution is -2.50. The minimum absolute atomic E-state index is 0.00121. The van der Waals surface area contributed by atoms with E-state index in [0.717, 1.165) is 11.3 Å². The zero-order valence-electron chi connectivity index (χ0n) is 17.2. The fraction of sp³-hybridized carbons (Fsp3) is 0.174. The molecule has 0 saturated carbocycles. The van der Waals surface area contributed by atoms with E-state index in [1.807, 2.05) is 41.1 Å². The molecule has 162 valence electrons. The summed E-state index contributed by atoms with van der Waals surface area (Å²) >= 11 is 0. The number of hydrogen-bond acceptors (Lipinski definition) is 5. The Hall–Kier alpha value is -3.74. The molecule has 1 amide bonds. The Kier molecular flexibility index (Phi) is 6.16. The molecule has 32 heavy (non-hydrogen) atoms. The molecule has 1 aliphatic heterocycles. The first kappa shape index (κ1) is 21.5. The van der Waals surface area contributed by atoms with Crippen molar-refractivity contribution in [1.29, 1.82) is 5.26 Å². The molecule has 8 nitrogen and oxygen atoms in total. The Morgan fingerprint density at radius 1 is 1.03 bits per heavy atom. The van der Waals surface area contributed by atoms with Gasteiger partial charge in [0, 0.05) is 50.3 Å². The lowest BCUT2D eigenvalue weighted by molar-refractivity contribution is -0.127. The van der Waals surface area contributed by atoms with Crippen LogP contribution in [0.4, 0.5) is 0 Å². The summed E-state index contributed by atoms with van der Waals surface area (Å²) in [5.74, 6) is -0.168. The van der Waals surface area contributed by atoms with Crippen LogP contribution in [0, 0.1) is 11.3 Å². The fourth-order valence-corrected chi connectivity index (χ4v) is 5.08. The number of piperazine rings is 1. The number of sulfonamides is 1. The molecule has 0 bridgehead atoms. The normalized spacial score (nSPS) is 15.0. The molecular weight excluding hydrogens is 426 g/mol. The molecule has 4 rings (SSSR count). The molecular formula is C23H21N5O3S. The maximum absolute atomic E-state index is 12.9. The number of carbonyl (C=O) groups excluding carboxylic acids is 1. The molecule has 1 saturated heterocycles. The highest BCUT2D eigenvalue weighted by molar-refractivity contribution is 7.89. The number of nitrogens with zero attached hydrogens (tertiary/aromatic N) is 5. The summed E-state index contributed by atoms with van der Waals surface area (Å²) in [4.78, 5) is 18.2. The van der Waals surface area contributed by atoms with Crippen LogP contribution < -0.4 is 0 Å². The van der Waals surface area contributed by atoms with Crippen molar-refractivity contribution < 1.29 is 13.2 Å². The van der Waals surface area contributed by atoms with Crippen LogP contribution in [0.2, 0.25) is 0 Å². The van der Waals surface area contributed by atoms with Crippen molar-refractivity contribution in [1.82, 2.24) is 18.8 Å². The third-order valence-electron chi connectivity index (χ3n) is 5.29. The van der Waals surface area contributed by atoms with Crippen molar-refractivity contribution in [2.45, 2.75) is 4.90 Å². The molecule has 0 unspecified atom stereocenters. The number of rotatable bonds is 5. The Morgan fingerprint density at radius 2 is 1.75 bits per heavy atom. The van der Waals surface area contributed by atoms with Gasteiger partial charge in [-0.25, -0.2) is 13.4 Å². The van der Waals surface area contributed by atoms with Crippen LogP contribution in [-0.4, -0.2) is 59.3 Å². The summed E-state index contributed by atoms with van der Waals surface area (Å²) in [6.45, 7) is 0.940. The van der Waals surface area contributed by atoms with Crippen LogP contribution in [-0.2, 0) is 14.8 Å². The predicted molar refractivity (Wildman–Crippen MR) is 119 cm³/mol. The van der Waals surface area contributed by atoms with Crippen LogP contribution >= 0.6 is 0 Å².